The fourth-order valence-corrected chi connectivity index (χ4v) is 2.30. The van der Waals surface area contributed by atoms with Crippen LogP contribution in [-0.4, -0.2) is 15.9 Å². The lowest BCUT2D eigenvalue weighted by atomic mass is 10.2. The molecule has 0 saturated carbocycles. The molecule has 0 atom stereocenters. The zero-order chi connectivity index (χ0) is 20.1. The zero-order valence-corrected chi connectivity index (χ0v) is 14.3. The predicted molar refractivity (Wildman–Crippen MR) is 95.2 cm³/mol. The highest BCUT2D eigenvalue weighted by Crippen LogP contribution is 2.30. The average molecular weight is 390 g/mol. The molecular weight excluding hydrogens is 376 g/mol. The van der Waals surface area contributed by atoms with E-state index in [0.29, 0.717) is 6.54 Å². The van der Waals surface area contributed by atoms with Gasteiger partial charge in [-0.25, -0.2) is 14.4 Å². The van der Waals surface area contributed by atoms with Crippen LogP contribution < -0.4 is 10.6 Å². The van der Waals surface area contributed by atoms with Crippen LogP contribution in [0.3, 0.4) is 0 Å². The lowest BCUT2D eigenvalue weighted by molar-refractivity contribution is -0.137. The highest BCUT2D eigenvalue weighted by atomic mass is 19.4. The van der Waals surface area contributed by atoms with Crippen molar-refractivity contribution in [2.24, 2.45) is 0 Å². The number of carbonyl (C=O) groups is 1. The average Bonchev–Trinajstić information content (AvgIpc) is 2.67. The first kappa shape index (κ1) is 19.3. The molecule has 28 heavy (non-hydrogen) atoms. The van der Waals surface area contributed by atoms with Crippen LogP contribution >= 0.6 is 0 Å². The molecule has 1 heterocycles. The summed E-state index contributed by atoms with van der Waals surface area (Å²) in [4.78, 5) is 20.2. The van der Waals surface area contributed by atoms with Crippen LogP contribution in [0, 0.1) is 5.82 Å². The second kappa shape index (κ2) is 8.03. The first-order valence-electron chi connectivity index (χ1n) is 8.10. The predicted octanol–water partition coefficient (Wildman–Crippen LogP) is 4.50. The lowest BCUT2D eigenvalue weighted by Crippen LogP contribution is -2.14. The van der Waals surface area contributed by atoms with E-state index in [1.54, 1.807) is 12.1 Å². The molecule has 2 aromatic carbocycles. The minimum Gasteiger partial charge on any atom is -0.350 e. The summed E-state index contributed by atoms with van der Waals surface area (Å²) in [6.07, 6.45) is -1.99. The Hall–Kier alpha value is -3.49. The molecule has 0 aliphatic rings. The van der Waals surface area contributed by atoms with Crippen molar-refractivity contribution in [2.75, 3.05) is 10.6 Å². The largest absolute Gasteiger partial charge is 0.416 e. The third-order valence-electron chi connectivity index (χ3n) is 3.73. The summed E-state index contributed by atoms with van der Waals surface area (Å²) < 4.78 is 51.1. The van der Waals surface area contributed by atoms with E-state index in [1.165, 1.54) is 36.7 Å². The van der Waals surface area contributed by atoms with Crippen LogP contribution in [0.1, 0.15) is 21.5 Å². The molecule has 0 unspecified atom stereocenters. The number of nitrogens with one attached hydrogen (secondary N) is 2. The molecule has 1 aromatic heterocycles. The van der Waals surface area contributed by atoms with Crippen molar-refractivity contribution in [1.29, 1.82) is 0 Å². The van der Waals surface area contributed by atoms with Gasteiger partial charge < -0.3 is 10.6 Å². The van der Waals surface area contributed by atoms with Crippen molar-refractivity contribution in [3.8, 4) is 0 Å². The summed E-state index contributed by atoms with van der Waals surface area (Å²) in [6.45, 7) is 0.357. The molecule has 9 heteroatoms. The lowest BCUT2D eigenvalue weighted by Gasteiger charge is -2.10. The number of carbonyl (C=O) groups excluding carboxylic acids is 1. The van der Waals surface area contributed by atoms with Crippen LogP contribution in [0.4, 0.5) is 29.2 Å². The standard InChI is InChI=1S/C19H14F4N4O/c20-15-6-4-12(5-7-15)9-24-18-25-10-13(11-26-18)17(28)27-16-3-1-2-14(8-16)19(21,22)23/h1-8,10-11H,9H2,(H,27,28)(H,24,25,26). The summed E-state index contributed by atoms with van der Waals surface area (Å²) in [6, 6.07) is 10.2. The Morgan fingerprint density at radius 1 is 1.00 bits per heavy atom. The minimum absolute atomic E-state index is 0.0123. The molecule has 2 N–H and O–H groups in total. The number of amides is 1. The zero-order valence-electron chi connectivity index (χ0n) is 14.3. The van der Waals surface area contributed by atoms with Gasteiger partial charge in [0.25, 0.3) is 5.91 Å². The van der Waals surface area contributed by atoms with Gasteiger partial charge in [0, 0.05) is 24.6 Å². The summed E-state index contributed by atoms with van der Waals surface area (Å²) in [5, 5.41) is 5.30. The molecular formula is C19H14F4N4O. The van der Waals surface area contributed by atoms with Gasteiger partial charge in [0.05, 0.1) is 11.1 Å². The molecule has 3 aromatic rings. The normalized spacial score (nSPS) is 11.1. The third-order valence-corrected chi connectivity index (χ3v) is 3.73. The number of halogens is 4. The first-order chi connectivity index (χ1) is 13.3. The van der Waals surface area contributed by atoms with Gasteiger partial charge in [0.2, 0.25) is 5.95 Å². The van der Waals surface area contributed by atoms with Crippen LogP contribution in [0.25, 0.3) is 0 Å². The molecule has 0 aliphatic heterocycles. The van der Waals surface area contributed by atoms with E-state index >= 15 is 0 Å². The first-order valence-corrected chi connectivity index (χ1v) is 8.10. The number of hydrogen-bond acceptors (Lipinski definition) is 4. The molecule has 144 valence electrons. The molecule has 0 spiro atoms. The molecule has 0 aliphatic carbocycles. The summed E-state index contributed by atoms with van der Waals surface area (Å²) in [5.41, 5.74) is 0.0568. The molecule has 5 nitrogen and oxygen atoms in total. The minimum atomic E-state index is -4.50. The summed E-state index contributed by atoms with van der Waals surface area (Å²) >= 11 is 0. The van der Waals surface area contributed by atoms with Crippen molar-refractivity contribution in [3.05, 3.63) is 83.4 Å². The van der Waals surface area contributed by atoms with Crippen LogP contribution in [-0.2, 0) is 12.7 Å². The van der Waals surface area contributed by atoms with Gasteiger partial charge in [-0.1, -0.05) is 18.2 Å². The van der Waals surface area contributed by atoms with E-state index in [9.17, 15) is 22.4 Å². The van der Waals surface area contributed by atoms with Crippen LogP contribution in [0.15, 0.2) is 60.9 Å². The van der Waals surface area contributed by atoms with Gasteiger partial charge in [-0.15, -0.1) is 0 Å². The Kier molecular flexibility index (Phi) is 5.53. The Labute approximate surface area is 157 Å². The Morgan fingerprint density at radius 3 is 2.32 bits per heavy atom. The van der Waals surface area contributed by atoms with Crippen molar-refractivity contribution in [3.63, 3.8) is 0 Å². The molecule has 0 saturated heterocycles. The van der Waals surface area contributed by atoms with Gasteiger partial charge in [-0.05, 0) is 35.9 Å². The van der Waals surface area contributed by atoms with Gasteiger partial charge in [-0.2, -0.15) is 13.2 Å². The maximum Gasteiger partial charge on any atom is 0.416 e. The summed E-state index contributed by atoms with van der Waals surface area (Å²) in [7, 11) is 0. The highest BCUT2D eigenvalue weighted by molar-refractivity contribution is 6.03. The fraction of sp³-hybridized carbons (Fsp3) is 0.105. The number of aromatic nitrogens is 2. The number of hydrogen-bond donors (Lipinski definition) is 2. The second-order valence-electron chi connectivity index (χ2n) is 5.81. The van der Waals surface area contributed by atoms with Crippen molar-refractivity contribution >= 4 is 17.5 Å². The van der Waals surface area contributed by atoms with Gasteiger partial charge in [0.15, 0.2) is 0 Å². The van der Waals surface area contributed by atoms with E-state index in [1.807, 2.05) is 0 Å². The van der Waals surface area contributed by atoms with Crippen LogP contribution in [0.5, 0.6) is 0 Å². The topological polar surface area (TPSA) is 66.9 Å². The molecule has 3 rings (SSSR count). The van der Waals surface area contributed by atoms with Crippen molar-refractivity contribution < 1.29 is 22.4 Å². The maximum atomic E-state index is 12.9. The molecule has 0 fully saturated rings. The smallest absolute Gasteiger partial charge is 0.350 e. The fourth-order valence-electron chi connectivity index (χ4n) is 2.30. The van der Waals surface area contributed by atoms with E-state index < -0.39 is 17.6 Å². The molecule has 0 radical (unpaired) electrons. The van der Waals surface area contributed by atoms with Crippen molar-refractivity contribution in [1.82, 2.24) is 9.97 Å². The SMILES string of the molecule is O=C(Nc1cccc(C(F)(F)F)c1)c1cnc(NCc2ccc(F)cc2)nc1. The highest BCUT2D eigenvalue weighted by Gasteiger charge is 2.30. The maximum absolute atomic E-state index is 12.9. The van der Waals surface area contributed by atoms with Gasteiger partial charge >= 0.3 is 6.18 Å². The number of rotatable bonds is 5. The number of nitrogens with zero attached hydrogens (tertiary/aromatic N) is 2. The molecule has 1 amide bonds. The quantitative estimate of drug-likeness (QED) is 0.630. The Balaban J connectivity index is 1.61. The van der Waals surface area contributed by atoms with Gasteiger partial charge in [-0.3, -0.25) is 4.79 Å². The summed E-state index contributed by atoms with van der Waals surface area (Å²) in [5.74, 6) is -0.722. The monoisotopic (exact) mass is 390 g/mol. The van der Waals surface area contributed by atoms with E-state index in [-0.39, 0.29) is 23.0 Å². The van der Waals surface area contributed by atoms with E-state index in [4.69, 9.17) is 0 Å². The Bertz CT molecular complexity index is 957. The van der Waals surface area contributed by atoms with Crippen LogP contribution in [0.2, 0.25) is 0 Å². The van der Waals surface area contributed by atoms with E-state index in [0.717, 1.165) is 17.7 Å². The third kappa shape index (κ3) is 5.03. The van der Waals surface area contributed by atoms with Gasteiger partial charge in [0.1, 0.15) is 5.82 Å². The number of anilines is 2. The molecule has 0 bridgehead atoms. The van der Waals surface area contributed by atoms with Crippen molar-refractivity contribution in [2.45, 2.75) is 12.7 Å². The number of alkyl halides is 3. The number of benzene rings is 2. The second-order valence-corrected chi connectivity index (χ2v) is 5.81. The Morgan fingerprint density at radius 2 is 1.68 bits per heavy atom. The van der Waals surface area contributed by atoms with E-state index in [2.05, 4.69) is 20.6 Å².